The minimum Gasteiger partial charge on any atom is -0.389 e. The fraction of sp³-hybridized carbons (Fsp3) is 1.00. The molecule has 0 aromatic carbocycles. The molecule has 0 spiro atoms. The molecule has 0 unspecified atom stereocenters. The standard InChI is InChI=1S/C11H26N2O3S/c1-5-8-9-13(4)17(15,16)12-10-11(14,6-2)7-3/h12,14H,5-10H2,1-4H3. The Bertz CT molecular complexity index is 300. The number of hydrogen-bond donors (Lipinski definition) is 2. The summed E-state index contributed by atoms with van der Waals surface area (Å²) in [6.45, 7) is 6.28. The molecule has 104 valence electrons. The van der Waals surface area contributed by atoms with Crippen molar-refractivity contribution in [3.8, 4) is 0 Å². The van der Waals surface area contributed by atoms with Crippen LogP contribution < -0.4 is 4.72 Å². The van der Waals surface area contributed by atoms with Gasteiger partial charge in [-0.25, -0.2) is 0 Å². The third-order valence-corrected chi connectivity index (χ3v) is 4.65. The van der Waals surface area contributed by atoms with E-state index in [-0.39, 0.29) is 6.54 Å². The monoisotopic (exact) mass is 266 g/mol. The van der Waals surface area contributed by atoms with Gasteiger partial charge in [-0.3, -0.25) is 0 Å². The van der Waals surface area contributed by atoms with Gasteiger partial charge in [-0.2, -0.15) is 17.4 Å². The maximum atomic E-state index is 11.8. The smallest absolute Gasteiger partial charge is 0.279 e. The molecule has 0 bridgehead atoms. The van der Waals surface area contributed by atoms with E-state index in [1.165, 1.54) is 4.31 Å². The van der Waals surface area contributed by atoms with E-state index in [0.29, 0.717) is 19.4 Å². The van der Waals surface area contributed by atoms with Gasteiger partial charge in [-0.1, -0.05) is 27.2 Å². The molecule has 0 amide bonds. The number of hydrogen-bond acceptors (Lipinski definition) is 3. The second kappa shape index (κ2) is 7.31. The molecule has 0 saturated carbocycles. The Labute approximate surface area is 105 Å². The normalized spacial score (nSPS) is 13.3. The lowest BCUT2D eigenvalue weighted by molar-refractivity contribution is 0.0374. The van der Waals surface area contributed by atoms with Gasteiger partial charge in [0.1, 0.15) is 0 Å². The molecule has 0 radical (unpaired) electrons. The molecule has 2 N–H and O–H groups in total. The van der Waals surface area contributed by atoms with Crippen LogP contribution in [0.4, 0.5) is 0 Å². The molecule has 0 saturated heterocycles. The van der Waals surface area contributed by atoms with Gasteiger partial charge in [0, 0.05) is 20.1 Å². The topological polar surface area (TPSA) is 69.6 Å². The van der Waals surface area contributed by atoms with E-state index in [1.54, 1.807) is 7.05 Å². The van der Waals surface area contributed by atoms with Crippen LogP contribution >= 0.6 is 0 Å². The molecule has 0 aliphatic heterocycles. The van der Waals surface area contributed by atoms with Crippen LogP contribution in [-0.2, 0) is 10.2 Å². The zero-order chi connectivity index (χ0) is 13.5. The van der Waals surface area contributed by atoms with Gasteiger partial charge >= 0.3 is 0 Å². The highest BCUT2D eigenvalue weighted by atomic mass is 32.2. The Morgan fingerprint density at radius 1 is 1.24 bits per heavy atom. The summed E-state index contributed by atoms with van der Waals surface area (Å²) in [5, 5.41) is 10.0. The van der Waals surface area contributed by atoms with Crippen LogP contribution in [-0.4, -0.2) is 43.6 Å². The molecule has 0 rings (SSSR count). The van der Waals surface area contributed by atoms with Crippen LogP contribution in [0.15, 0.2) is 0 Å². The average molecular weight is 266 g/mol. The van der Waals surface area contributed by atoms with Crippen molar-refractivity contribution in [3.05, 3.63) is 0 Å². The number of rotatable bonds is 9. The summed E-state index contributed by atoms with van der Waals surface area (Å²) in [6, 6.07) is 0. The second-order valence-electron chi connectivity index (χ2n) is 4.43. The predicted octanol–water partition coefficient (Wildman–Crippen LogP) is 1.10. The van der Waals surface area contributed by atoms with Crippen molar-refractivity contribution >= 4 is 10.2 Å². The Morgan fingerprint density at radius 3 is 2.18 bits per heavy atom. The fourth-order valence-electron chi connectivity index (χ4n) is 1.34. The lowest BCUT2D eigenvalue weighted by Gasteiger charge is -2.27. The molecule has 6 heteroatoms. The summed E-state index contributed by atoms with van der Waals surface area (Å²) in [6.07, 6.45) is 2.85. The van der Waals surface area contributed by atoms with Crippen molar-refractivity contribution in [1.82, 2.24) is 9.03 Å². The molecule has 0 aromatic heterocycles. The Morgan fingerprint density at radius 2 is 1.76 bits per heavy atom. The van der Waals surface area contributed by atoms with Gasteiger partial charge in [0.2, 0.25) is 0 Å². The predicted molar refractivity (Wildman–Crippen MR) is 70.0 cm³/mol. The Kier molecular flexibility index (Phi) is 7.23. The Hall–Kier alpha value is -0.170. The number of unbranched alkanes of at least 4 members (excludes halogenated alkanes) is 1. The van der Waals surface area contributed by atoms with Crippen LogP contribution in [0.2, 0.25) is 0 Å². The van der Waals surface area contributed by atoms with Crippen molar-refractivity contribution in [3.63, 3.8) is 0 Å². The van der Waals surface area contributed by atoms with E-state index in [9.17, 15) is 13.5 Å². The van der Waals surface area contributed by atoms with Gasteiger partial charge in [0.05, 0.1) is 5.60 Å². The number of nitrogens with zero attached hydrogens (tertiary/aromatic N) is 1. The van der Waals surface area contributed by atoms with Crippen molar-refractivity contribution in [1.29, 1.82) is 0 Å². The highest BCUT2D eigenvalue weighted by Gasteiger charge is 2.26. The average Bonchev–Trinajstić information content (AvgIpc) is 2.33. The van der Waals surface area contributed by atoms with Gasteiger partial charge in [-0.15, -0.1) is 0 Å². The summed E-state index contributed by atoms with van der Waals surface area (Å²) in [7, 11) is -1.91. The van der Waals surface area contributed by atoms with E-state index in [2.05, 4.69) is 4.72 Å². The van der Waals surface area contributed by atoms with Crippen molar-refractivity contribution < 1.29 is 13.5 Å². The maximum Gasteiger partial charge on any atom is 0.279 e. The van der Waals surface area contributed by atoms with Crippen LogP contribution in [0.5, 0.6) is 0 Å². The van der Waals surface area contributed by atoms with E-state index >= 15 is 0 Å². The first kappa shape index (κ1) is 16.8. The lowest BCUT2D eigenvalue weighted by Crippen LogP contribution is -2.46. The highest BCUT2D eigenvalue weighted by Crippen LogP contribution is 2.13. The van der Waals surface area contributed by atoms with Crippen LogP contribution in [0.25, 0.3) is 0 Å². The van der Waals surface area contributed by atoms with Crippen LogP contribution in [0.1, 0.15) is 46.5 Å². The fourth-order valence-corrected chi connectivity index (χ4v) is 2.38. The first-order valence-corrected chi connectivity index (χ1v) is 7.68. The molecule has 0 aromatic rings. The van der Waals surface area contributed by atoms with E-state index in [1.807, 2.05) is 20.8 Å². The van der Waals surface area contributed by atoms with Crippen molar-refractivity contribution in [2.45, 2.75) is 52.1 Å². The summed E-state index contributed by atoms with van der Waals surface area (Å²) in [5.41, 5.74) is -0.946. The zero-order valence-electron chi connectivity index (χ0n) is 11.4. The number of nitrogens with one attached hydrogen (secondary N) is 1. The Balaban J connectivity index is 4.35. The molecular formula is C11H26N2O3S. The molecule has 17 heavy (non-hydrogen) atoms. The molecule has 0 aliphatic carbocycles. The van der Waals surface area contributed by atoms with Crippen molar-refractivity contribution in [2.75, 3.05) is 20.1 Å². The molecule has 0 aliphatic rings. The SMILES string of the molecule is CCCCN(C)S(=O)(=O)NCC(O)(CC)CC. The first-order valence-electron chi connectivity index (χ1n) is 6.24. The summed E-state index contributed by atoms with van der Waals surface area (Å²) in [5.74, 6) is 0. The van der Waals surface area contributed by atoms with E-state index < -0.39 is 15.8 Å². The molecule has 5 nitrogen and oxygen atoms in total. The summed E-state index contributed by atoms with van der Waals surface area (Å²) < 4.78 is 27.4. The minimum absolute atomic E-state index is 0.0683. The van der Waals surface area contributed by atoms with Crippen LogP contribution in [0, 0.1) is 0 Å². The van der Waals surface area contributed by atoms with Gasteiger partial charge < -0.3 is 5.11 Å². The highest BCUT2D eigenvalue weighted by molar-refractivity contribution is 7.87. The van der Waals surface area contributed by atoms with Crippen LogP contribution in [0.3, 0.4) is 0 Å². The quantitative estimate of drug-likeness (QED) is 0.656. The molecule has 0 heterocycles. The number of aliphatic hydroxyl groups is 1. The summed E-state index contributed by atoms with van der Waals surface area (Å²) in [4.78, 5) is 0. The maximum absolute atomic E-state index is 11.8. The summed E-state index contributed by atoms with van der Waals surface area (Å²) >= 11 is 0. The third kappa shape index (κ3) is 5.81. The second-order valence-corrected chi connectivity index (χ2v) is 6.29. The molecule has 0 atom stereocenters. The largest absolute Gasteiger partial charge is 0.389 e. The lowest BCUT2D eigenvalue weighted by atomic mass is 9.98. The molecular weight excluding hydrogens is 240 g/mol. The van der Waals surface area contributed by atoms with Gasteiger partial charge in [0.25, 0.3) is 10.2 Å². The van der Waals surface area contributed by atoms with Gasteiger partial charge in [-0.05, 0) is 19.3 Å². The third-order valence-electron chi connectivity index (χ3n) is 3.14. The van der Waals surface area contributed by atoms with E-state index in [0.717, 1.165) is 12.8 Å². The zero-order valence-corrected chi connectivity index (χ0v) is 12.2. The van der Waals surface area contributed by atoms with E-state index in [4.69, 9.17) is 0 Å². The minimum atomic E-state index is -3.46. The van der Waals surface area contributed by atoms with Crippen molar-refractivity contribution in [2.24, 2.45) is 0 Å². The van der Waals surface area contributed by atoms with Gasteiger partial charge in [0.15, 0.2) is 0 Å². The first-order chi connectivity index (χ1) is 7.81. The molecule has 0 fully saturated rings.